The molecule has 0 atom stereocenters. The van der Waals surface area contributed by atoms with Crippen LogP contribution in [-0.4, -0.2) is 23.5 Å². The molecule has 6 nitrogen and oxygen atoms in total. The van der Waals surface area contributed by atoms with E-state index in [-0.39, 0.29) is 17.4 Å². The van der Waals surface area contributed by atoms with Crippen molar-refractivity contribution in [3.8, 4) is 5.75 Å². The maximum absolute atomic E-state index is 12.1. The van der Waals surface area contributed by atoms with Crippen molar-refractivity contribution < 1.29 is 14.3 Å². The molecule has 0 radical (unpaired) electrons. The van der Waals surface area contributed by atoms with Gasteiger partial charge in [0.1, 0.15) is 5.75 Å². The minimum absolute atomic E-state index is 0.0155. The predicted octanol–water partition coefficient (Wildman–Crippen LogP) is 4.25. The number of carbonyl (C=O) groups is 2. The van der Waals surface area contributed by atoms with Crippen LogP contribution in [0.3, 0.4) is 0 Å². The Hall–Kier alpha value is -1.87. The van der Waals surface area contributed by atoms with Gasteiger partial charge in [0.15, 0.2) is 5.11 Å². The molecule has 2 rings (SSSR count). The molecule has 0 aliphatic carbocycles. The molecule has 0 aromatic heterocycles. The van der Waals surface area contributed by atoms with Crippen LogP contribution in [0, 0.1) is 0 Å². The molecule has 148 valence electrons. The Kier molecular flexibility index (Phi) is 8.98. The van der Waals surface area contributed by atoms with Gasteiger partial charge in [-0.15, -0.1) is 0 Å². The molecule has 0 saturated heterocycles. The van der Waals surface area contributed by atoms with Crippen LogP contribution in [0.1, 0.15) is 23.2 Å². The van der Waals surface area contributed by atoms with Crippen LogP contribution in [0.15, 0.2) is 46.9 Å². The van der Waals surface area contributed by atoms with Crippen LogP contribution in [0.5, 0.6) is 5.75 Å². The van der Waals surface area contributed by atoms with Gasteiger partial charge in [-0.05, 0) is 64.9 Å². The third-order valence-electron chi connectivity index (χ3n) is 3.36. The summed E-state index contributed by atoms with van der Waals surface area (Å²) in [4.78, 5) is 23.9. The number of hydrogen-bond donors (Lipinski definition) is 3. The summed E-state index contributed by atoms with van der Waals surface area (Å²) in [6.45, 7) is 0.304. The Labute approximate surface area is 186 Å². The van der Waals surface area contributed by atoms with E-state index < -0.39 is 5.91 Å². The second-order valence-corrected chi connectivity index (χ2v) is 7.57. The zero-order valence-corrected chi connectivity index (χ0v) is 18.3. The first-order chi connectivity index (χ1) is 13.4. The van der Waals surface area contributed by atoms with Crippen molar-refractivity contribution in [1.29, 1.82) is 0 Å². The van der Waals surface area contributed by atoms with Crippen molar-refractivity contribution in [2.24, 2.45) is 0 Å². The summed E-state index contributed by atoms with van der Waals surface area (Å²) in [7, 11) is 0. The summed E-state index contributed by atoms with van der Waals surface area (Å²) in [6.07, 6.45) is 0.654. The number of amides is 2. The molecule has 10 heteroatoms. The van der Waals surface area contributed by atoms with E-state index in [0.29, 0.717) is 38.9 Å². The van der Waals surface area contributed by atoms with Crippen LogP contribution < -0.4 is 20.9 Å². The molecule has 3 N–H and O–H groups in total. The Balaban J connectivity index is 1.66. The van der Waals surface area contributed by atoms with Crippen LogP contribution in [-0.2, 0) is 4.79 Å². The summed E-state index contributed by atoms with van der Waals surface area (Å²) in [5.74, 6) is -0.198. The number of rotatable bonds is 6. The van der Waals surface area contributed by atoms with E-state index >= 15 is 0 Å². The minimum atomic E-state index is -0.396. The molecule has 0 aliphatic heterocycles. The third kappa shape index (κ3) is 7.27. The van der Waals surface area contributed by atoms with Gasteiger partial charge in [0, 0.05) is 15.9 Å². The molecule has 0 fully saturated rings. The van der Waals surface area contributed by atoms with E-state index in [2.05, 4.69) is 32.1 Å². The van der Waals surface area contributed by atoms with Gasteiger partial charge < -0.3 is 4.74 Å². The average Bonchev–Trinajstić information content (AvgIpc) is 2.65. The van der Waals surface area contributed by atoms with Crippen LogP contribution in [0.25, 0.3) is 0 Å². The van der Waals surface area contributed by atoms with Gasteiger partial charge in [-0.25, -0.2) is 0 Å². The van der Waals surface area contributed by atoms with Crippen molar-refractivity contribution in [2.45, 2.75) is 12.8 Å². The average molecular weight is 505 g/mol. The van der Waals surface area contributed by atoms with Crippen LogP contribution in [0.2, 0.25) is 10.0 Å². The molecule has 2 amide bonds. The van der Waals surface area contributed by atoms with Crippen molar-refractivity contribution in [2.75, 3.05) is 6.61 Å². The van der Waals surface area contributed by atoms with E-state index in [9.17, 15) is 9.59 Å². The van der Waals surface area contributed by atoms with Gasteiger partial charge in [-0.1, -0.05) is 35.3 Å². The molecular formula is C18H16BrCl2N3O3S. The Morgan fingerprint density at radius 1 is 1.11 bits per heavy atom. The third-order valence-corrected chi connectivity index (χ3v) is 4.79. The smallest absolute Gasteiger partial charge is 0.258 e. The number of thiocarbonyl (C=S) groups is 1. The van der Waals surface area contributed by atoms with Gasteiger partial charge in [0.2, 0.25) is 5.91 Å². The number of ether oxygens (including phenoxy) is 1. The molecular weight excluding hydrogens is 489 g/mol. The Morgan fingerprint density at radius 2 is 1.86 bits per heavy atom. The van der Waals surface area contributed by atoms with Gasteiger partial charge >= 0.3 is 0 Å². The number of benzene rings is 2. The minimum Gasteiger partial charge on any atom is -0.492 e. The summed E-state index contributed by atoms with van der Waals surface area (Å²) < 4.78 is 6.14. The van der Waals surface area contributed by atoms with Gasteiger partial charge in [0.05, 0.1) is 17.2 Å². The van der Waals surface area contributed by atoms with Gasteiger partial charge in [-0.2, -0.15) is 0 Å². The number of carbonyl (C=O) groups excluding carboxylic acids is 2. The predicted molar refractivity (Wildman–Crippen MR) is 117 cm³/mol. The SMILES string of the molecule is O=C(CCCOc1ccc(Cl)cc1Cl)NNC(=S)NC(=O)c1ccccc1Br. The zero-order chi connectivity index (χ0) is 20.5. The highest BCUT2D eigenvalue weighted by Gasteiger charge is 2.11. The standard InChI is InChI=1S/C18H16BrCl2N3O3S/c19-13-5-2-1-4-12(13)17(26)22-18(28)24-23-16(25)6-3-9-27-15-8-7-11(20)10-14(15)21/h1-2,4-5,7-8,10H,3,6,9H2,(H,23,25)(H2,22,24,26,28). The fourth-order valence-corrected chi connectivity index (χ4v) is 3.11. The lowest BCUT2D eigenvalue weighted by molar-refractivity contribution is -0.121. The van der Waals surface area contributed by atoms with Crippen molar-refractivity contribution >= 4 is 68.3 Å². The maximum atomic E-state index is 12.1. The van der Waals surface area contributed by atoms with Crippen molar-refractivity contribution in [1.82, 2.24) is 16.2 Å². The molecule has 2 aromatic rings. The van der Waals surface area contributed by atoms with Crippen molar-refractivity contribution in [3.63, 3.8) is 0 Å². The number of halogens is 3. The van der Waals surface area contributed by atoms with Gasteiger partial charge in [0.25, 0.3) is 5.91 Å². The molecule has 28 heavy (non-hydrogen) atoms. The second-order valence-electron chi connectivity index (χ2n) is 5.46. The number of nitrogens with one attached hydrogen (secondary N) is 3. The van der Waals surface area contributed by atoms with E-state index in [4.69, 9.17) is 40.2 Å². The Morgan fingerprint density at radius 3 is 2.57 bits per heavy atom. The molecule has 0 bridgehead atoms. The number of hydrazine groups is 1. The molecule has 0 saturated carbocycles. The fraction of sp³-hybridized carbons (Fsp3) is 0.167. The summed E-state index contributed by atoms with van der Waals surface area (Å²) >= 11 is 20.1. The van der Waals surface area contributed by atoms with E-state index in [1.807, 2.05) is 0 Å². The largest absolute Gasteiger partial charge is 0.492 e. The van der Waals surface area contributed by atoms with E-state index in [0.717, 1.165) is 0 Å². The Bertz CT molecular complexity index is 883. The quantitative estimate of drug-likeness (QED) is 0.311. The fourth-order valence-electron chi connectivity index (χ4n) is 2.04. The highest BCUT2D eigenvalue weighted by atomic mass is 79.9. The van der Waals surface area contributed by atoms with E-state index in [1.54, 1.807) is 42.5 Å². The first-order valence-corrected chi connectivity index (χ1v) is 10.0. The normalized spacial score (nSPS) is 10.1. The highest BCUT2D eigenvalue weighted by Crippen LogP contribution is 2.27. The topological polar surface area (TPSA) is 79.5 Å². The van der Waals surface area contributed by atoms with E-state index in [1.165, 1.54) is 0 Å². The summed E-state index contributed by atoms with van der Waals surface area (Å²) in [5, 5.41) is 3.39. The summed E-state index contributed by atoms with van der Waals surface area (Å²) in [6, 6.07) is 11.8. The first kappa shape index (κ1) is 22.4. The first-order valence-electron chi connectivity index (χ1n) is 8.09. The highest BCUT2D eigenvalue weighted by molar-refractivity contribution is 9.10. The van der Waals surface area contributed by atoms with Crippen molar-refractivity contribution in [3.05, 3.63) is 62.5 Å². The lowest BCUT2D eigenvalue weighted by Crippen LogP contribution is -2.48. The molecule has 0 aliphatic rings. The number of hydrogen-bond acceptors (Lipinski definition) is 4. The lowest BCUT2D eigenvalue weighted by Gasteiger charge is -2.12. The maximum Gasteiger partial charge on any atom is 0.258 e. The lowest BCUT2D eigenvalue weighted by atomic mass is 10.2. The zero-order valence-electron chi connectivity index (χ0n) is 14.4. The van der Waals surface area contributed by atoms with Crippen LogP contribution >= 0.6 is 51.3 Å². The van der Waals surface area contributed by atoms with Gasteiger partial charge in [-0.3, -0.25) is 25.8 Å². The van der Waals surface area contributed by atoms with Crippen LogP contribution in [0.4, 0.5) is 0 Å². The molecule has 2 aromatic carbocycles. The molecule has 0 spiro atoms. The molecule has 0 unspecified atom stereocenters. The summed E-state index contributed by atoms with van der Waals surface area (Å²) in [5.41, 5.74) is 5.33. The monoisotopic (exact) mass is 503 g/mol. The second kappa shape index (κ2) is 11.2. The molecule has 0 heterocycles.